The molecule has 3 aliphatic rings. The van der Waals surface area contributed by atoms with E-state index in [1.165, 1.54) is 32.1 Å². The molecule has 3 fully saturated rings. The van der Waals surface area contributed by atoms with Crippen molar-refractivity contribution in [2.75, 3.05) is 67.1 Å². The number of carbonyl (C=O) groups excluding carboxylic acids is 1. The molecule has 0 aromatic rings. The van der Waals surface area contributed by atoms with Crippen LogP contribution in [0.25, 0.3) is 0 Å². The van der Waals surface area contributed by atoms with Gasteiger partial charge in [0.25, 0.3) is 0 Å². The number of morpholine rings is 1. The fraction of sp³-hybridized carbons (Fsp3) is 0.913. The minimum absolute atomic E-state index is 0.249. The summed E-state index contributed by atoms with van der Waals surface area (Å²) in [7, 11) is 5.57. The molecule has 172 valence electrons. The zero-order valence-electron chi connectivity index (χ0n) is 19.5. The number of nitrogens with one attached hydrogen (secondary N) is 2. The molecule has 2 N–H and O–H groups in total. The third-order valence-electron chi connectivity index (χ3n) is 7.45. The molecule has 0 atom stereocenters. The van der Waals surface area contributed by atoms with Gasteiger partial charge in [-0.2, -0.15) is 0 Å². The van der Waals surface area contributed by atoms with Crippen LogP contribution in [0.2, 0.25) is 0 Å². The van der Waals surface area contributed by atoms with Crippen molar-refractivity contribution in [3.8, 4) is 0 Å². The smallest absolute Gasteiger partial charge is 0.230 e. The van der Waals surface area contributed by atoms with Gasteiger partial charge in [0.05, 0.1) is 18.6 Å². The molecule has 1 heterocycles. The largest absolute Gasteiger partial charge is 0.379 e. The number of amides is 1. The number of guanidine groups is 1. The first-order chi connectivity index (χ1) is 14.5. The number of rotatable bonds is 7. The SMILES string of the molecule is CN=C(NCC1(CN2CCOCC2)CCCCC1)NCC1(C(=O)N(C)C)CCCC1. The molecule has 0 aromatic heterocycles. The highest BCUT2D eigenvalue weighted by atomic mass is 16.5. The summed E-state index contributed by atoms with van der Waals surface area (Å²) in [5.41, 5.74) is 0.0230. The lowest BCUT2D eigenvalue weighted by Crippen LogP contribution is -2.53. The van der Waals surface area contributed by atoms with Crippen LogP contribution >= 0.6 is 0 Å². The lowest BCUT2D eigenvalue weighted by Gasteiger charge is -2.42. The minimum atomic E-state index is -0.280. The first-order valence-corrected chi connectivity index (χ1v) is 12.0. The average Bonchev–Trinajstić information content (AvgIpc) is 3.24. The Bertz CT molecular complexity index is 574. The van der Waals surface area contributed by atoms with Gasteiger partial charge in [0.15, 0.2) is 5.96 Å². The van der Waals surface area contributed by atoms with Crippen molar-refractivity contribution in [3.05, 3.63) is 0 Å². The molecule has 0 radical (unpaired) electrons. The summed E-state index contributed by atoms with van der Waals surface area (Å²) >= 11 is 0. The molecular weight excluding hydrogens is 378 g/mol. The fourth-order valence-corrected chi connectivity index (χ4v) is 5.66. The van der Waals surface area contributed by atoms with Gasteiger partial charge in [0.2, 0.25) is 5.91 Å². The molecule has 1 aliphatic heterocycles. The predicted molar refractivity (Wildman–Crippen MR) is 122 cm³/mol. The highest BCUT2D eigenvalue weighted by molar-refractivity contribution is 5.85. The Kier molecular flexibility index (Phi) is 8.40. The fourth-order valence-electron chi connectivity index (χ4n) is 5.66. The third-order valence-corrected chi connectivity index (χ3v) is 7.45. The van der Waals surface area contributed by atoms with E-state index in [1.54, 1.807) is 4.90 Å². The van der Waals surface area contributed by atoms with Crippen LogP contribution in [0.3, 0.4) is 0 Å². The molecule has 0 aromatic carbocycles. The van der Waals surface area contributed by atoms with Gasteiger partial charge in [0, 0.05) is 59.3 Å². The van der Waals surface area contributed by atoms with Crippen molar-refractivity contribution >= 4 is 11.9 Å². The summed E-state index contributed by atoms with van der Waals surface area (Å²) in [4.78, 5) is 21.7. The Hall–Kier alpha value is -1.34. The van der Waals surface area contributed by atoms with E-state index >= 15 is 0 Å². The van der Waals surface area contributed by atoms with Gasteiger partial charge in [-0.3, -0.25) is 14.7 Å². The topological polar surface area (TPSA) is 69.2 Å². The van der Waals surface area contributed by atoms with E-state index in [9.17, 15) is 4.79 Å². The molecule has 2 saturated carbocycles. The van der Waals surface area contributed by atoms with Crippen LogP contribution < -0.4 is 10.6 Å². The van der Waals surface area contributed by atoms with Gasteiger partial charge < -0.3 is 20.3 Å². The summed E-state index contributed by atoms with van der Waals surface area (Å²) in [6, 6.07) is 0. The number of ether oxygens (including phenoxy) is 1. The lowest BCUT2D eigenvalue weighted by atomic mass is 9.73. The van der Waals surface area contributed by atoms with Crippen molar-refractivity contribution in [1.82, 2.24) is 20.4 Å². The van der Waals surface area contributed by atoms with Gasteiger partial charge in [-0.15, -0.1) is 0 Å². The van der Waals surface area contributed by atoms with E-state index < -0.39 is 0 Å². The number of hydrogen-bond acceptors (Lipinski definition) is 4. The summed E-state index contributed by atoms with van der Waals surface area (Å²) < 4.78 is 5.55. The Morgan fingerprint density at radius 2 is 1.57 bits per heavy atom. The van der Waals surface area contributed by atoms with E-state index in [0.717, 1.165) is 71.0 Å². The first-order valence-electron chi connectivity index (χ1n) is 12.0. The van der Waals surface area contributed by atoms with Crippen molar-refractivity contribution < 1.29 is 9.53 Å². The van der Waals surface area contributed by atoms with Gasteiger partial charge in [-0.05, 0) is 25.7 Å². The maximum atomic E-state index is 12.9. The Labute approximate surface area is 183 Å². The van der Waals surface area contributed by atoms with Crippen molar-refractivity contribution in [1.29, 1.82) is 0 Å². The van der Waals surface area contributed by atoms with Crippen LogP contribution in [0.4, 0.5) is 0 Å². The van der Waals surface area contributed by atoms with E-state index in [1.807, 2.05) is 21.1 Å². The van der Waals surface area contributed by atoms with Gasteiger partial charge in [-0.1, -0.05) is 32.1 Å². The highest BCUT2D eigenvalue weighted by Crippen LogP contribution is 2.39. The van der Waals surface area contributed by atoms with E-state index in [2.05, 4.69) is 20.5 Å². The molecule has 7 nitrogen and oxygen atoms in total. The first kappa shape index (κ1) is 23.3. The Balaban J connectivity index is 1.57. The summed E-state index contributed by atoms with van der Waals surface area (Å²) in [6.07, 6.45) is 10.7. The lowest BCUT2D eigenvalue weighted by molar-refractivity contribution is -0.138. The number of hydrogen-bond donors (Lipinski definition) is 2. The molecule has 0 bridgehead atoms. The molecule has 30 heavy (non-hydrogen) atoms. The zero-order valence-corrected chi connectivity index (χ0v) is 19.5. The van der Waals surface area contributed by atoms with Crippen LogP contribution in [-0.2, 0) is 9.53 Å². The quantitative estimate of drug-likeness (QED) is 0.487. The molecule has 1 saturated heterocycles. The maximum absolute atomic E-state index is 12.9. The van der Waals surface area contributed by atoms with Gasteiger partial charge in [0.1, 0.15) is 0 Å². The molecule has 0 spiro atoms. The van der Waals surface area contributed by atoms with Crippen molar-refractivity contribution in [2.24, 2.45) is 15.8 Å². The Morgan fingerprint density at radius 3 is 2.17 bits per heavy atom. The van der Waals surface area contributed by atoms with Crippen molar-refractivity contribution in [3.63, 3.8) is 0 Å². The Morgan fingerprint density at radius 1 is 0.967 bits per heavy atom. The molecule has 0 unspecified atom stereocenters. The highest BCUT2D eigenvalue weighted by Gasteiger charge is 2.42. The second-order valence-corrected chi connectivity index (χ2v) is 9.92. The van der Waals surface area contributed by atoms with E-state index in [4.69, 9.17) is 4.74 Å². The summed E-state index contributed by atoms with van der Waals surface area (Å²) in [5, 5.41) is 7.14. The molecule has 7 heteroatoms. The minimum Gasteiger partial charge on any atom is -0.379 e. The van der Waals surface area contributed by atoms with Crippen LogP contribution in [0.15, 0.2) is 4.99 Å². The number of carbonyl (C=O) groups is 1. The van der Waals surface area contributed by atoms with E-state index in [0.29, 0.717) is 12.0 Å². The van der Waals surface area contributed by atoms with Crippen LogP contribution in [-0.4, -0.2) is 88.7 Å². The van der Waals surface area contributed by atoms with Crippen LogP contribution in [0.5, 0.6) is 0 Å². The molecule has 3 rings (SSSR count). The van der Waals surface area contributed by atoms with Gasteiger partial charge in [-0.25, -0.2) is 0 Å². The predicted octanol–water partition coefficient (Wildman–Crippen LogP) is 2.08. The summed E-state index contributed by atoms with van der Waals surface area (Å²) in [6.45, 7) is 6.55. The second kappa shape index (κ2) is 10.8. The standard InChI is InChI=1S/C23H43N5O2/c1-24-21(26-18-23(11-7-8-12-23)20(29)27(2)3)25-17-22(9-5-4-6-10-22)19-28-13-15-30-16-14-28/h4-19H2,1-3H3,(H2,24,25,26). The monoisotopic (exact) mass is 421 g/mol. The average molecular weight is 422 g/mol. The molecular formula is C23H43N5O2. The van der Waals surface area contributed by atoms with E-state index in [-0.39, 0.29) is 11.3 Å². The molecule has 2 aliphatic carbocycles. The molecule has 1 amide bonds. The number of aliphatic imine (C=N–C) groups is 1. The van der Waals surface area contributed by atoms with Crippen LogP contribution in [0, 0.1) is 10.8 Å². The van der Waals surface area contributed by atoms with Crippen molar-refractivity contribution in [2.45, 2.75) is 57.8 Å². The maximum Gasteiger partial charge on any atom is 0.230 e. The second-order valence-electron chi connectivity index (χ2n) is 9.92. The summed E-state index contributed by atoms with van der Waals surface area (Å²) in [5.74, 6) is 1.08. The normalized spacial score (nSPS) is 24.4. The third kappa shape index (κ3) is 5.88. The zero-order chi connectivity index (χ0) is 21.5. The number of nitrogens with zero attached hydrogens (tertiary/aromatic N) is 3. The van der Waals surface area contributed by atoms with Crippen LogP contribution in [0.1, 0.15) is 57.8 Å². The van der Waals surface area contributed by atoms with Gasteiger partial charge >= 0.3 is 0 Å².